The van der Waals surface area contributed by atoms with Gasteiger partial charge in [-0.25, -0.2) is 0 Å². The Morgan fingerprint density at radius 3 is 2.95 bits per heavy atom. The predicted octanol–water partition coefficient (Wildman–Crippen LogP) is 4.69. The SMILES string of the molecule is CCn1c(=NC(=O)C=Cc2cccs2)sc2cccc(Br)c21. The van der Waals surface area contributed by atoms with E-state index in [1.807, 2.05) is 35.7 Å². The first-order chi connectivity index (χ1) is 10.7. The molecule has 0 aliphatic heterocycles. The van der Waals surface area contributed by atoms with Crippen LogP contribution in [0.25, 0.3) is 16.3 Å². The first-order valence-electron chi connectivity index (χ1n) is 6.77. The van der Waals surface area contributed by atoms with Gasteiger partial charge in [-0.05, 0) is 52.5 Å². The molecule has 0 bridgehead atoms. The minimum absolute atomic E-state index is 0.238. The molecule has 0 unspecified atom stereocenters. The third-order valence-electron chi connectivity index (χ3n) is 3.11. The fraction of sp³-hybridized carbons (Fsp3) is 0.125. The van der Waals surface area contributed by atoms with Crippen LogP contribution < -0.4 is 4.80 Å². The summed E-state index contributed by atoms with van der Waals surface area (Å²) in [6.45, 7) is 2.82. The highest BCUT2D eigenvalue weighted by Gasteiger charge is 2.08. The summed E-state index contributed by atoms with van der Waals surface area (Å²) in [7, 11) is 0. The summed E-state index contributed by atoms with van der Waals surface area (Å²) in [5.41, 5.74) is 1.09. The molecule has 0 aliphatic rings. The average molecular weight is 393 g/mol. The number of rotatable bonds is 3. The molecule has 0 aliphatic carbocycles. The van der Waals surface area contributed by atoms with Crippen LogP contribution in [0.1, 0.15) is 11.8 Å². The van der Waals surface area contributed by atoms with Crippen LogP contribution in [0.5, 0.6) is 0 Å². The van der Waals surface area contributed by atoms with Crippen LogP contribution in [0.3, 0.4) is 0 Å². The second-order valence-corrected chi connectivity index (χ2v) is 7.36. The number of aromatic nitrogens is 1. The fourth-order valence-electron chi connectivity index (χ4n) is 2.14. The average Bonchev–Trinajstić information content (AvgIpc) is 3.12. The van der Waals surface area contributed by atoms with E-state index in [9.17, 15) is 4.79 Å². The smallest absolute Gasteiger partial charge is 0.272 e. The third-order valence-corrected chi connectivity index (χ3v) is 5.63. The van der Waals surface area contributed by atoms with E-state index in [0.29, 0.717) is 0 Å². The van der Waals surface area contributed by atoms with Crippen LogP contribution in [0.4, 0.5) is 0 Å². The van der Waals surface area contributed by atoms with Gasteiger partial charge < -0.3 is 4.57 Å². The summed E-state index contributed by atoms with van der Waals surface area (Å²) in [5.74, 6) is -0.238. The molecule has 0 radical (unpaired) electrons. The molecule has 0 spiro atoms. The van der Waals surface area contributed by atoms with Crippen molar-refractivity contribution in [1.82, 2.24) is 4.57 Å². The van der Waals surface area contributed by atoms with Crippen LogP contribution in [-0.4, -0.2) is 10.5 Å². The topological polar surface area (TPSA) is 34.4 Å². The molecule has 22 heavy (non-hydrogen) atoms. The van der Waals surface area contributed by atoms with Gasteiger partial charge in [0.2, 0.25) is 0 Å². The Morgan fingerprint density at radius 1 is 1.36 bits per heavy atom. The molecule has 3 aromatic rings. The van der Waals surface area contributed by atoms with E-state index < -0.39 is 0 Å². The molecule has 1 amide bonds. The third kappa shape index (κ3) is 3.14. The zero-order valence-corrected chi connectivity index (χ0v) is 15.0. The summed E-state index contributed by atoms with van der Waals surface area (Å²) in [6.07, 6.45) is 3.32. The van der Waals surface area contributed by atoms with Crippen molar-refractivity contribution >= 4 is 60.8 Å². The maximum absolute atomic E-state index is 12.1. The van der Waals surface area contributed by atoms with Gasteiger partial charge in [-0.15, -0.1) is 11.3 Å². The molecule has 0 N–H and O–H groups in total. The number of aryl methyl sites for hydroxylation is 1. The van der Waals surface area contributed by atoms with Crippen LogP contribution in [0, 0.1) is 0 Å². The van der Waals surface area contributed by atoms with Crippen molar-refractivity contribution in [3.8, 4) is 0 Å². The molecule has 2 aromatic heterocycles. The van der Waals surface area contributed by atoms with Gasteiger partial charge in [-0.3, -0.25) is 4.79 Å². The number of hydrogen-bond acceptors (Lipinski definition) is 3. The summed E-state index contributed by atoms with van der Waals surface area (Å²) in [6, 6.07) is 9.97. The van der Waals surface area contributed by atoms with Gasteiger partial charge in [0.25, 0.3) is 5.91 Å². The van der Waals surface area contributed by atoms with Gasteiger partial charge in [0.1, 0.15) is 0 Å². The number of nitrogens with zero attached hydrogens (tertiary/aromatic N) is 2. The molecule has 0 saturated heterocycles. The molecule has 0 atom stereocenters. The number of thiophene rings is 1. The lowest BCUT2D eigenvalue weighted by Crippen LogP contribution is -2.15. The number of carbonyl (C=O) groups excluding carboxylic acids is 1. The van der Waals surface area contributed by atoms with E-state index >= 15 is 0 Å². The molecule has 6 heteroatoms. The summed E-state index contributed by atoms with van der Waals surface area (Å²) in [5, 5.41) is 1.98. The molecule has 1 aromatic carbocycles. The lowest BCUT2D eigenvalue weighted by atomic mass is 10.3. The van der Waals surface area contributed by atoms with Crippen molar-refractivity contribution in [2.75, 3.05) is 0 Å². The zero-order valence-electron chi connectivity index (χ0n) is 11.8. The monoisotopic (exact) mass is 392 g/mol. The Bertz CT molecular complexity index is 904. The van der Waals surface area contributed by atoms with Gasteiger partial charge >= 0.3 is 0 Å². The quantitative estimate of drug-likeness (QED) is 0.595. The molecular weight excluding hydrogens is 380 g/mol. The lowest BCUT2D eigenvalue weighted by Gasteiger charge is -2.01. The number of fused-ring (bicyclic) bond motifs is 1. The first-order valence-corrected chi connectivity index (χ1v) is 9.26. The highest BCUT2D eigenvalue weighted by Crippen LogP contribution is 2.25. The van der Waals surface area contributed by atoms with Crippen LogP contribution in [0.2, 0.25) is 0 Å². The Balaban J connectivity index is 2.02. The Morgan fingerprint density at radius 2 is 2.23 bits per heavy atom. The number of para-hydroxylation sites is 1. The van der Waals surface area contributed by atoms with Gasteiger partial charge in [-0.2, -0.15) is 4.99 Å². The van der Waals surface area contributed by atoms with Gasteiger partial charge in [0, 0.05) is 22.0 Å². The Kier molecular flexibility index (Phi) is 4.71. The van der Waals surface area contributed by atoms with E-state index in [1.165, 1.54) is 17.4 Å². The Labute approximate surface area is 144 Å². The second kappa shape index (κ2) is 6.73. The lowest BCUT2D eigenvalue weighted by molar-refractivity contribution is -0.113. The van der Waals surface area contributed by atoms with Crippen molar-refractivity contribution in [3.05, 3.63) is 55.9 Å². The fourth-order valence-corrected chi connectivity index (χ4v) is 4.59. The van der Waals surface area contributed by atoms with Crippen LogP contribution in [0.15, 0.2) is 51.3 Å². The normalized spacial score (nSPS) is 12.5. The number of thiazole rings is 1. The van der Waals surface area contributed by atoms with Crippen LogP contribution in [-0.2, 0) is 11.3 Å². The van der Waals surface area contributed by atoms with Crippen molar-refractivity contribution in [2.24, 2.45) is 4.99 Å². The van der Waals surface area contributed by atoms with Crippen molar-refractivity contribution in [1.29, 1.82) is 0 Å². The molecular formula is C16H13BrN2OS2. The maximum Gasteiger partial charge on any atom is 0.272 e. The highest BCUT2D eigenvalue weighted by atomic mass is 79.9. The summed E-state index contributed by atoms with van der Waals surface area (Å²) < 4.78 is 4.19. The maximum atomic E-state index is 12.1. The molecule has 3 nitrogen and oxygen atoms in total. The first kappa shape index (κ1) is 15.4. The highest BCUT2D eigenvalue weighted by molar-refractivity contribution is 9.10. The van der Waals surface area contributed by atoms with E-state index in [0.717, 1.165) is 30.9 Å². The Hall–Kier alpha value is -1.50. The number of benzene rings is 1. The van der Waals surface area contributed by atoms with E-state index in [4.69, 9.17) is 0 Å². The van der Waals surface area contributed by atoms with Gasteiger partial charge in [-0.1, -0.05) is 23.5 Å². The minimum atomic E-state index is -0.238. The summed E-state index contributed by atoms with van der Waals surface area (Å²) in [4.78, 5) is 18.1. The van der Waals surface area contributed by atoms with Crippen molar-refractivity contribution in [3.63, 3.8) is 0 Å². The van der Waals surface area contributed by atoms with E-state index in [1.54, 1.807) is 17.4 Å². The standard InChI is InChI=1S/C16H13BrN2OS2/c1-2-19-15-12(17)6-3-7-13(15)22-16(19)18-14(20)9-8-11-5-4-10-21-11/h3-10H,2H2,1H3. The van der Waals surface area contributed by atoms with Crippen molar-refractivity contribution in [2.45, 2.75) is 13.5 Å². The predicted molar refractivity (Wildman–Crippen MR) is 97.1 cm³/mol. The second-order valence-electron chi connectivity index (χ2n) is 4.51. The molecule has 3 rings (SSSR count). The summed E-state index contributed by atoms with van der Waals surface area (Å²) >= 11 is 6.70. The molecule has 2 heterocycles. The molecule has 112 valence electrons. The molecule has 0 fully saturated rings. The number of carbonyl (C=O) groups is 1. The van der Waals surface area contributed by atoms with E-state index in [-0.39, 0.29) is 5.91 Å². The minimum Gasteiger partial charge on any atom is -0.316 e. The number of halogens is 1. The molecule has 0 saturated carbocycles. The van der Waals surface area contributed by atoms with Gasteiger partial charge in [0.15, 0.2) is 4.80 Å². The van der Waals surface area contributed by atoms with Crippen LogP contribution >= 0.6 is 38.6 Å². The van der Waals surface area contributed by atoms with Gasteiger partial charge in [0.05, 0.1) is 10.2 Å². The zero-order chi connectivity index (χ0) is 15.5. The van der Waals surface area contributed by atoms with E-state index in [2.05, 4.69) is 32.4 Å². The van der Waals surface area contributed by atoms with Crippen molar-refractivity contribution < 1.29 is 4.79 Å². The number of hydrogen-bond donors (Lipinski definition) is 0. The number of amides is 1. The largest absolute Gasteiger partial charge is 0.316 e.